The highest BCUT2D eigenvalue weighted by atomic mass is 127. The molecule has 0 unspecified atom stereocenters. The Morgan fingerprint density at radius 1 is 1.57 bits per heavy atom. The molecule has 3 nitrogen and oxygen atoms in total. The number of halogens is 2. The maximum absolute atomic E-state index is 11.0. The number of fused-ring (bicyclic) bond motifs is 1. The van der Waals surface area contributed by atoms with Crippen LogP contribution in [0.5, 0.6) is 0 Å². The summed E-state index contributed by atoms with van der Waals surface area (Å²) in [5, 5.41) is 9.00. The number of carboxylic acid groups (broad SMARTS) is 1. The molecule has 0 spiro atoms. The van der Waals surface area contributed by atoms with Gasteiger partial charge in [0.1, 0.15) is 0 Å². The first kappa shape index (κ1) is 10.1. The lowest BCUT2D eigenvalue weighted by atomic mass is 10.2. The summed E-state index contributed by atoms with van der Waals surface area (Å²) in [5.41, 5.74) is 0.922. The predicted octanol–water partition coefficient (Wildman–Crippen LogP) is 3.25. The smallest absolute Gasteiger partial charge is 0.338 e. The molecule has 1 heterocycles. The number of rotatable bonds is 1. The molecule has 2 aromatic rings. The van der Waals surface area contributed by atoms with Gasteiger partial charge in [-0.3, -0.25) is 0 Å². The van der Waals surface area contributed by atoms with E-state index in [9.17, 15) is 4.79 Å². The minimum atomic E-state index is -0.944. The van der Waals surface area contributed by atoms with Crippen molar-refractivity contribution in [3.8, 4) is 0 Å². The maximum atomic E-state index is 11.0. The van der Waals surface area contributed by atoms with Crippen molar-refractivity contribution < 1.29 is 9.90 Å². The molecule has 1 N–H and O–H groups in total. The van der Waals surface area contributed by atoms with Crippen LogP contribution in [0.25, 0.3) is 10.2 Å². The third-order valence-corrected chi connectivity index (χ3v) is 3.79. The van der Waals surface area contributed by atoms with Crippen molar-refractivity contribution in [3.05, 3.63) is 25.7 Å². The number of nitrogens with zero attached hydrogens (tertiary/aromatic N) is 1. The number of aromatic nitrogens is 1. The van der Waals surface area contributed by atoms with E-state index >= 15 is 0 Å². The van der Waals surface area contributed by atoms with Crippen LogP contribution in [0.3, 0.4) is 0 Å². The third-order valence-electron chi connectivity index (χ3n) is 1.69. The number of aromatic carboxylic acids is 1. The standard InChI is InChI=1S/C8H3ClINO2S/c9-8-11-4-2-1-3(10)5(7(12)13)6(4)14-8/h1-2H,(H,12,13). The number of carbonyl (C=O) groups is 1. The van der Waals surface area contributed by atoms with Crippen molar-refractivity contribution in [1.82, 2.24) is 4.98 Å². The summed E-state index contributed by atoms with van der Waals surface area (Å²) in [4.78, 5) is 15.0. The van der Waals surface area contributed by atoms with Crippen molar-refractivity contribution in [2.75, 3.05) is 0 Å². The number of hydrogen-bond donors (Lipinski definition) is 1. The van der Waals surface area contributed by atoms with Crippen molar-refractivity contribution in [1.29, 1.82) is 0 Å². The molecule has 0 amide bonds. The van der Waals surface area contributed by atoms with Gasteiger partial charge in [-0.15, -0.1) is 11.3 Å². The molecular weight excluding hydrogens is 337 g/mol. The van der Waals surface area contributed by atoms with Gasteiger partial charge in [-0.05, 0) is 34.7 Å². The summed E-state index contributed by atoms with van der Waals surface area (Å²) in [7, 11) is 0. The summed E-state index contributed by atoms with van der Waals surface area (Å²) >= 11 is 8.90. The first-order chi connectivity index (χ1) is 6.59. The molecule has 14 heavy (non-hydrogen) atoms. The van der Waals surface area contributed by atoms with Crippen LogP contribution in [-0.2, 0) is 0 Å². The Labute approximate surface area is 102 Å². The van der Waals surface area contributed by atoms with Gasteiger partial charge in [0.2, 0.25) is 0 Å². The van der Waals surface area contributed by atoms with Crippen LogP contribution in [-0.4, -0.2) is 16.1 Å². The van der Waals surface area contributed by atoms with Gasteiger partial charge < -0.3 is 5.11 Å². The van der Waals surface area contributed by atoms with E-state index in [2.05, 4.69) is 4.98 Å². The molecule has 2 rings (SSSR count). The highest BCUT2D eigenvalue weighted by Gasteiger charge is 2.15. The number of carboxylic acids is 1. The van der Waals surface area contributed by atoms with Gasteiger partial charge in [0.05, 0.1) is 15.8 Å². The van der Waals surface area contributed by atoms with Crippen LogP contribution in [0, 0.1) is 3.57 Å². The van der Waals surface area contributed by atoms with Gasteiger partial charge in [-0.1, -0.05) is 11.6 Å². The van der Waals surface area contributed by atoms with Gasteiger partial charge in [-0.2, -0.15) is 0 Å². The van der Waals surface area contributed by atoms with E-state index in [1.807, 2.05) is 22.6 Å². The fourth-order valence-corrected chi connectivity index (χ4v) is 3.16. The molecule has 0 atom stereocenters. The largest absolute Gasteiger partial charge is 0.478 e. The topological polar surface area (TPSA) is 50.2 Å². The first-order valence-electron chi connectivity index (χ1n) is 3.57. The summed E-state index contributed by atoms with van der Waals surface area (Å²) in [6.07, 6.45) is 0. The normalized spacial score (nSPS) is 10.7. The number of hydrogen-bond acceptors (Lipinski definition) is 3. The second-order valence-electron chi connectivity index (χ2n) is 2.54. The summed E-state index contributed by atoms with van der Waals surface area (Å²) in [5.74, 6) is -0.944. The molecule has 0 aliphatic rings. The van der Waals surface area contributed by atoms with Crippen LogP contribution < -0.4 is 0 Å². The molecule has 0 aliphatic heterocycles. The Balaban J connectivity index is 2.88. The average molecular weight is 340 g/mol. The minimum absolute atomic E-state index is 0.285. The van der Waals surface area contributed by atoms with Crippen LogP contribution in [0.2, 0.25) is 4.47 Å². The van der Waals surface area contributed by atoms with E-state index in [1.165, 1.54) is 11.3 Å². The maximum Gasteiger partial charge on any atom is 0.338 e. The van der Waals surface area contributed by atoms with Gasteiger partial charge >= 0.3 is 5.97 Å². The van der Waals surface area contributed by atoms with Crippen LogP contribution in [0.1, 0.15) is 10.4 Å². The van der Waals surface area contributed by atoms with Crippen LogP contribution >= 0.6 is 45.5 Å². The number of benzene rings is 1. The molecule has 0 aliphatic carbocycles. The Morgan fingerprint density at radius 2 is 2.29 bits per heavy atom. The average Bonchev–Trinajstić information content (AvgIpc) is 2.43. The Hall–Kier alpha value is -0.400. The van der Waals surface area contributed by atoms with Crippen LogP contribution in [0.15, 0.2) is 12.1 Å². The predicted molar refractivity (Wildman–Crippen MR) is 64.3 cm³/mol. The molecule has 6 heteroatoms. The SMILES string of the molecule is O=C(O)c1c(I)ccc2nc(Cl)sc12. The van der Waals surface area contributed by atoms with Crippen molar-refractivity contribution in [2.24, 2.45) is 0 Å². The summed E-state index contributed by atoms with van der Waals surface area (Å²) in [6, 6.07) is 3.49. The molecular formula is C8H3ClINO2S. The zero-order chi connectivity index (χ0) is 10.3. The lowest BCUT2D eigenvalue weighted by Gasteiger charge is -1.98. The second-order valence-corrected chi connectivity index (χ2v) is 5.29. The highest BCUT2D eigenvalue weighted by Crippen LogP contribution is 2.31. The Morgan fingerprint density at radius 3 is 2.93 bits per heavy atom. The Kier molecular flexibility index (Phi) is 2.63. The summed E-state index contributed by atoms with van der Waals surface area (Å²) < 4.78 is 1.70. The van der Waals surface area contributed by atoms with E-state index in [0.717, 1.165) is 0 Å². The monoisotopic (exact) mass is 339 g/mol. The molecule has 0 radical (unpaired) electrons. The molecule has 1 aromatic carbocycles. The summed E-state index contributed by atoms with van der Waals surface area (Å²) in [6.45, 7) is 0. The highest BCUT2D eigenvalue weighted by molar-refractivity contribution is 14.1. The molecule has 0 saturated heterocycles. The fraction of sp³-hybridized carbons (Fsp3) is 0. The van der Waals surface area contributed by atoms with E-state index in [0.29, 0.717) is 18.3 Å². The minimum Gasteiger partial charge on any atom is -0.478 e. The number of thiazole rings is 1. The van der Waals surface area contributed by atoms with E-state index in [1.54, 1.807) is 12.1 Å². The third kappa shape index (κ3) is 1.59. The Bertz CT molecular complexity index is 525. The molecule has 72 valence electrons. The molecule has 0 bridgehead atoms. The lowest BCUT2D eigenvalue weighted by molar-refractivity contribution is 0.0698. The lowest BCUT2D eigenvalue weighted by Crippen LogP contribution is -1.99. The van der Waals surface area contributed by atoms with Gasteiger partial charge in [-0.25, -0.2) is 9.78 Å². The second kappa shape index (κ2) is 3.63. The van der Waals surface area contributed by atoms with E-state index in [-0.39, 0.29) is 5.56 Å². The van der Waals surface area contributed by atoms with Crippen LogP contribution in [0.4, 0.5) is 0 Å². The molecule has 1 aromatic heterocycles. The molecule has 0 saturated carbocycles. The van der Waals surface area contributed by atoms with Gasteiger partial charge in [0.25, 0.3) is 0 Å². The first-order valence-corrected chi connectivity index (χ1v) is 5.85. The zero-order valence-electron chi connectivity index (χ0n) is 6.62. The van der Waals surface area contributed by atoms with Crippen molar-refractivity contribution >= 4 is 61.7 Å². The fourth-order valence-electron chi connectivity index (χ4n) is 1.14. The van der Waals surface area contributed by atoms with Gasteiger partial charge in [0.15, 0.2) is 4.47 Å². The van der Waals surface area contributed by atoms with E-state index in [4.69, 9.17) is 16.7 Å². The van der Waals surface area contributed by atoms with Gasteiger partial charge in [0, 0.05) is 3.57 Å². The van der Waals surface area contributed by atoms with E-state index < -0.39 is 5.97 Å². The zero-order valence-corrected chi connectivity index (χ0v) is 10.4. The quantitative estimate of drug-likeness (QED) is 0.811. The van der Waals surface area contributed by atoms with Crippen molar-refractivity contribution in [3.63, 3.8) is 0 Å². The molecule has 0 fully saturated rings. The van der Waals surface area contributed by atoms with Crippen molar-refractivity contribution in [2.45, 2.75) is 0 Å².